The largest absolute Gasteiger partial charge is 0.573 e. The van der Waals surface area contributed by atoms with Gasteiger partial charge in [-0.15, -0.1) is 13.2 Å². The molecule has 0 aliphatic carbocycles. The van der Waals surface area contributed by atoms with Gasteiger partial charge in [0.25, 0.3) is 0 Å². The van der Waals surface area contributed by atoms with Crippen LogP contribution < -0.4 is 10.1 Å². The molecule has 2 heterocycles. The smallest absolute Gasteiger partial charge is 0.443 e. The summed E-state index contributed by atoms with van der Waals surface area (Å²) >= 11 is 2.10. The highest BCUT2D eigenvalue weighted by Gasteiger charge is 2.32. The molecule has 0 bridgehead atoms. The maximum absolute atomic E-state index is 12.3. The van der Waals surface area contributed by atoms with Gasteiger partial charge in [0, 0.05) is 9.13 Å². The monoisotopic (exact) mass is 490 g/mol. The van der Waals surface area contributed by atoms with Gasteiger partial charge in [-0.2, -0.15) is 0 Å². The Balaban J connectivity index is 1.75. The lowest BCUT2D eigenvalue weighted by Crippen LogP contribution is -2.16. The highest BCUT2D eigenvalue weighted by atomic mass is 127. The van der Waals surface area contributed by atoms with Gasteiger partial charge < -0.3 is 19.2 Å². The van der Waals surface area contributed by atoms with Gasteiger partial charge in [0.1, 0.15) is 11.3 Å². The normalized spacial score (nSPS) is 17.0. The van der Waals surface area contributed by atoms with E-state index in [1.165, 1.54) is 30.7 Å². The first-order valence-corrected chi connectivity index (χ1v) is 8.76. The Kier molecular flexibility index (Phi) is 4.36. The molecule has 1 amide bonds. The number of alkyl halides is 3. The number of nitrogens with one attached hydrogen (secondary N) is 1. The molecule has 1 aromatic heterocycles. The Morgan fingerprint density at radius 2 is 2.00 bits per heavy atom. The number of aromatic nitrogens is 1. The maximum Gasteiger partial charge on any atom is 0.573 e. The second kappa shape index (κ2) is 6.59. The number of benzene rings is 2. The van der Waals surface area contributed by atoms with Crippen LogP contribution >= 0.6 is 22.6 Å². The van der Waals surface area contributed by atoms with E-state index in [0.29, 0.717) is 34.3 Å². The van der Waals surface area contributed by atoms with Crippen molar-refractivity contribution in [2.24, 2.45) is 0 Å². The SMILES string of the molecule is O=C1NCC(c2c(I)cc(-c3ccc(OC(F)(F)F)cc3)c3ncoc23)O1. The molecule has 140 valence electrons. The van der Waals surface area contributed by atoms with Gasteiger partial charge in [-0.25, -0.2) is 9.78 Å². The first-order chi connectivity index (χ1) is 12.8. The minimum atomic E-state index is -4.75. The van der Waals surface area contributed by atoms with Gasteiger partial charge in [0.05, 0.1) is 12.1 Å². The van der Waals surface area contributed by atoms with E-state index < -0.39 is 18.6 Å². The number of cyclic esters (lactones) is 1. The predicted octanol–water partition coefficient (Wildman–Crippen LogP) is 4.78. The molecule has 1 saturated heterocycles. The van der Waals surface area contributed by atoms with Crippen molar-refractivity contribution < 1.29 is 31.9 Å². The van der Waals surface area contributed by atoms with Gasteiger partial charge in [0.15, 0.2) is 18.1 Å². The van der Waals surface area contributed by atoms with Crippen molar-refractivity contribution in [1.29, 1.82) is 0 Å². The number of hydrogen-bond acceptors (Lipinski definition) is 5. The number of carbonyl (C=O) groups excluding carboxylic acids is 1. The summed E-state index contributed by atoms with van der Waals surface area (Å²) in [5.74, 6) is -0.307. The summed E-state index contributed by atoms with van der Waals surface area (Å²) < 4.78 is 52.4. The molecule has 1 fully saturated rings. The first-order valence-electron chi connectivity index (χ1n) is 7.68. The molecule has 1 unspecified atom stereocenters. The van der Waals surface area contributed by atoms with Crippen LogP contribution in [0.1, 0.15) is 11.7 Å². The quantitative estimate of drug-likeness (QED) is 0.536. The molecule has 1 N–H and O–H groups in total. The van der Waals surface area contributed by atoms with Crippen molar-refractivity contribution >= 4 is 39.8 Å². The van der Waals surface area contributed by atoms with Gasteiger partial charge >= 0.3 is 12.5 Å². The molecule has 0 saturated carbocycles. The Hall–Kier alpha value is -2.50. The van der Waals surface area contributed by atoms with Gasteiger partial charge in [-0.05, 0) is 46.4 Å². The fraction of sp³-hybridized carbons (Fsp3) is 0.176. The molecule has 6 nitrogen and oxygen atoms in total. The predicted molar refractivity (Wildman–Crippen MR) is 96.1 cm³/mol. The summed E-state index contributed by atoms with van der Waals surface area (Å²) in [6.45, 7) is 0.313. The number of oxazole rings is 1. The number of amides is 1. The third kappa shape index (κ3) is 3.53. The van der Waals surface area contributed by atoms with E-state index in [4.69, 9.17) is 9.15 Å². The van der Waals surface area contributed by atoms with Crippen molar-refractivity contribution in [3.63, 3.8) is 0 Å². The van der Waals surface area contributed by atoms with Crippen molar-refractivity contribution in [2.45, 2.75) is 12.5 Å². The Labute approximate surface area is 163 Å². The van der Waals surface area contributed by atoms with Gasteiger partial charge in [-0.1, -0.05) is 12.1 Å². The minimum Gasteiger partial charge on any atom is -0.443 e. The molecule has 0 spiro atoms. The first kappa shape index (κ1) is 17.9. The summed E-state index contributed by atoms with van der Waals surface area (Å²) in [6.07, 6.45) is -4.48. The lowest BCUT2D eigenvalue weighted by atomic mass is 9.99. The van der Waals surface area contributed by atoms with E-state index in [0.717, 1.165) is 3.57 Å². The van der Waals surface area contributed by atoms with Crippen LogP contribution in [-0.4, -0.2) is 24.0 Å². The van der Waals surface area contributed by atoms with E-state index in [2.05, 4.69) is 37.6 Å². The number of rotatable bonds is 3. The molecular formula is C17H10F3IN2O4. The minimum absolute atomic E-state index is 0.307. The number of alkyl carbamates (subject to hydrolysis) is 1. The van der Waals surface area contributed by atoms with Crippen LogP contribution in [-0.2, 0) is 4.74 Å². The van der Waals surface area contributed by atoms with Gasteiger partial charge in [0.2, 0.25) is 0 Å². The zero-order valence-corrected chi connectivity index (χ0v) is 15.5. The van der Waals surface area contributed by atoms with Crippen LogP contribution in [0, 0.1) is 3.57 Å². The number of ether oxygens (including phenoxy) is 2. The highest BCUT2D eigenvalue weighted by molar-refractivity contribution is 14.1. The molecule has 4 rings (SSSR count). The van der Waals surface area contributed by atoms with Gasteiger partial charge in [-0.3, -0.25) is 0 Å². The van der Waals surface area contributed by atoms with E-state index in [1.807, 2.05) is 6.07 Å². The Morgan fingerprint density at radius 3 is 2.63 bits per heavy atom. The average Bonchev–Trinajstić information content (AvgIpc) is 3.23. The van der Waals surface area contributed by atoms with Crippen molar-refractivity contribution in [3.8, 4) is 16.9 Å². The second-order valence-corrected chi connectivity index (χ2v) is 6.86. The molecule has 1 aliphatic rings. The summed E-state index contributed by atoms with van der Waals surface area (Å²) in [7, 11) is 0. The van der Waals surface area contributed by atoms with E-state index in [1.54, 1.807) is 0 Å². The molecule has 27 heavy (non-hydrogen) atoms. The lowest BCUT2D eigenvalue weighted by Gasteiger charge is -2.14. The summed E-state index contributed by atoms with van der Waals surface area (Å²) in [5.41, 5.74) is 3.02. The summed E-state index contributed by atoms with van der Waals surface area (Å²) in [5, 5.41) is 2.59. The van der Waals surface area contributed by atoms with Crippen molar-refractivity contribution in [2.75, 3.05) is 6.54 Å². The van der Waals surface area contributed by atoms with E-state index >= 15 is 0 Å². The summed E-state index contributed by atoms with van der Waals surface area (Å²) in [6, 6.07) is 7.32. The molecule has 3 aromatic rings. The van der Waals surface area contributed by atoms with Crippen molar-refractivity contribution in [3.05, 3.63) is 45.9 Å². The van der Waals surface area contributed by atoms with Crippen LogP contribution in [0.3, 0.4) is 0 Å². The highest BCUT2D eigenvalue weighted by Crippen LogP contribution is 2.38. The molecular weight excluding hydrogens is 480 g/mol. The fourth-order valence-corrected chi connectivity index (χ4v) is 3.82. The number of carbonyl (C=O) groups is 1. The standard InChI is InChI=1S/C17H10F3IN2O4/c18-17(19,20)27-9-3-1-8(2-4-9)10-5-11(21)13(12-6-22-16(24)26-12)15-14(10)23-7-25-15/h1-5,7,12H,6H2,(H,22,24). The average molecular weight is 490 g/mol. The zero-order valence-electron chi connectivity index (χ0n) is 13.3. The van der Waals surface area contributed by atoms with E-state index in [9.17, 15) is 18.0 Å². The van der Waals surface area contributed by atoms with Crippen LogP contribution in [0.15, 0.2) is 41.1 Å². The Morgan fingerprint density at radius 1 is 1.26 bits per heavy atom. The third-order valence-electron chi connectivity index (χ3n) is 4.00. The maximum atomic E-state index is 12.3. The fourth-order valence-electron chi connectivity index (χ4n) is 2.92. The molecule has 1 atom stereocenters. The van der Waals surface area contributed by atoms with Crippen LogP contribution in [0.25, 0.3) is 22.2 Å². The third-order valence-corrected chi connectivity index (χ3v) is 4.89. The zero-order chi connectivity index (χ0) is 19.2. The molecule has 1 aliphatic heterocycles. The summed E-state index contributed by atoms with van der Waals surface area (Å²) in [4.78, 5) is 15.6. The number of fused-ring (bicyclic) bond motifs is 1. The van der Waals surface area contributed by atoms with Crippen LogP contribution in [0.2, 0.25) is 0 Å². The second-order valence-electron chi connectivity index (χ2n) is 5.70. The number of hydrogen-bond donors (Lipinski definition) is 1. The van der Waals surface area contributed by atoms with E-state index in [-0.39, 0.29) is 5.75 Å². The number of nitrogens with zero attached hydrogens (tertiary/aromatic N) is 1. The molecule has 10 heteroatoms. The molecule has 0 radical (unpaired) electrons. The molecule has 2 aromatic carbocycles. The van der Waals surface area contributed by atoms with Crippen LogP contribution in [0.4, 0.5) is 18.0 Å². The number of halogens is 4. The topological polar surface area (TPSA) is 73.6 Å². The van der Waals surface area contributed by atoms with Crippen LogP contribution in [0.5, 0.6) is 5.75 Å². The Bertz CT molecular complexity index is 1020. The van der Waals surface area contributed by atoms with Crippen molar-refractivity contribution in [1.82, 2.24) is 10.3 Å². The lowest BCUT2D eigenvalue weighted by molar-refractivity contribution is -0.274.